The number of fused-ring (bicyclic) bond motifs is 1. The van der Waals surface area contributed by atoms with Gasteiger partial charge in [0, 0.05) is 24.2 Å². The number of hydrogen-bond donors (Lipinski definition) is 2. The SMILES string of the molecule is C=CCNC(=O)Nc1cc(OC)cc2cccnc12. The predicted molar refractivity (Wildman–Crippen MR) is 75.5 cm³/mol. The highest BCUT2D eigenvalue weighted by atomic mass is 16.5. The van der Waals surface area contributed by atoms with Gasteiger partial charge in [0.05, 0.1) is 18.3 Å². The summed E-state index contributed by atoms with van der Waals surface area (Å²) in [6.45, 7) is 3.95. The van der Waals surface area contributed by atoms with Crippen LogP contribution in [0.4, 0.5) is 10.5 Å². The number of anilines is 1. The first-order chi connectivity index (χ1) is 9.24. The summed E-state index contributed by atoms with van der Waals surface area (Å²) in [7, 11) is 1.58. The minimum atomic E-state index is -0.305. The summed E-state index contributed by atoms with van der Waals surface area (Å²) in [5.74, 6) is 0.666. The lowest BCUT2D eigenvalue weighted by Gasteiger charge is -2.10. The van der Waals surface area contributed by atoms with Crippen LogP contribution in [0.3, 0.4) is 0 Å². The number of benzene rings is 1. The molecule has 5 heteroatoms. The third kappa shape index (κ3) is 3.01. The number of urea groups is 1. The maximum absolute atomic E-state index is 11.7. The molecule has 0 spiro atoms. The average molecular weight is 257 g/mol. The number of aromatic nitrogens is 1. The van der Waals surface area contributed by atoms with E-state index in [0.29, 0.717) is 18.0 Å². The van der Waals surface area contributed by atoms with Crippen molar-refractivity contribution < 1.29 is 9.53 Å². The van der Waals surface area contributed by atoms with Gasteiger partial charge in [0.2, 0.25) is 0 Å². The molecule has 19 heavy (non-hydrogen) atoms. The molecule has 0 aliphatic heterocycles. The van der Waals surface area contributed by atoms with Crippen molar-refractivity contribution >= 4 is 22.6 Å². The normalized spacial score (nSPS) is 9.95. The Morgan fingerprint density at radius 3 is 3.11 bits per heavy atom. The Morgan fingerprint density at radius 1 is 1.53 bits per heavy atom. The molecule has 1 heterocycles. The number of amides is 2. The molecule has 5 nitrogen and oxygen atoms in total. The Kier molecular flexibility index (Phi) is 3.97. The molecular formula is C14H15N3O2. The van der Waals surface area contributed by atoms with Crippen LogP contribution >= 0.6 is 0 Å². The van der Waals surface area contributed by atoms with Gasteiger partial charge >= 0.3 is 6.03 Å². The maximum atomic E-state index is 11.7. The summed E-state index contributed by atoms with van der Waals surface area (Å²) >= 11 is 0. The van der Waals surface area contributed by atoms with E-state index in [4.69, 9.17) is 4.74 Å². The van der Waals surface area contributed by atoms with Crippen molar-refractivity contribution in [1.82, 2.24) is 10.3 Å². The van der Waals surface area contributed by atoms with Crippen molar-refractivity contribution in [1.29, 1.82) is 0 Å². The van der Waals surface area contributed by atoms with Crippen LogP contribution in [-0.2, 0) is 0 Å². The fraction of sp³-hybridized carbons (Fsp3) is 0.143. The van der Waals surface area contributed by atoms with E-state index < -0.39 is 0 Å². The topological polar surface area (TPSA) is 63.2 Å². The van der Waals surface area contributed by atoms with E-state index in [-0.39, 0.29) is 6.03 Å². The van der Waals surface area contributed by atoms with Crippen LogP contribution < -0.4 is 15.4 Å². The van der Waals surface area contributed by atoms with Crippen molar-refractivity contribution in [2.45, 2.75) is 0 Å². The highest BCUT2D eigenvalue weighted by Gasteiger charge is 2.08. The van der Waals surface area contributed by atoms with Gasteiger partial charge in [-0.05, 0) is 12.1 Å². The zero-order valence-electron chi connectivity index (χ0n) is 10.6. The van der Waals surface area contributed by atoms with Crippen LogP contribution in [0, 0.1) is 0 Å². The molecule has 0 unspecified atom stereocenters. The van der Waals surface area contributed by atoms with Gasteiger partial charge in [-0.25, -0.2) is 4.79 Å². The summed E-state index contributed by atoms with van der Waals surface area (Å²) in [5.41, 5.74) is 1.33. The van der Waals surface area contributed by atoms with Gasteiger partial charge in [0.1, 0.15) is 5.75 Å². The summed E-state index contributed by atoms with van der Waals surface area (Å²) in [6.07, 6.45) is 3.29. The standard InChI is InChI=1S/C14H15N3O2/c1-3-6-16-14(18)17-12-9-11(19-2)8-10-5-4-7-15-13(10)12/h3-5,7-9H,1,6H2,2H3,(H2,16,17,18). The third-order valence-electron chi connectivity index (χ3n) is 2.57. The zero-order chi connectivity index (χ0) is 13.7. The first-order valence-corrected chi connectivity index (χ1v) is 5.83. The van der Waals surface area contributed by atoms with Gasteiger partial charge < -0.3 is 15.4 Å². The molecule has 2 rings (SSSR count). The van der Waals surface area contributed by atoms with E-state index in [0.717, 1.165) is 10.9 Å². The van der Waals surface area contributed by atoms with Crippen molar-refractivity contribution in [3.8, 4) is 5.75 Å². The molecule has 0 atom stereocenters. The van der Waals surface area contributed by atoms with E-state index in [9.17, 15) is 4.79 Å². The number of methoxy groups -OCH3 is 1. The van der Waals surface area contributed by atoms with E-state index in [1.54, 1.807) is 25.4 Å². The lowest BCUT2D eigenvalue weighted by molar-refractivity contribution is 0.253. The zero-order valence-corrected chi connectivity index (χ0v) is 10.6. The second-order valence-electron chi connectivity index (χ2n) is 3.87. The lowest BCUT2D eigenvalue weighted by Crippen LogP contribution is -2.28. The Labute approximate surface area is 111 Å². The Bertz CT molecular complexity index is 611. The van der Waals surface area contributed by atoms with E-state index in [1.807, 2.05) is 18.2 Å². The van der Waals surface area contributed by atoms with Crippen LogP contribution in [0.1, 0.15) is 0 Å². The number of pyridine rings is 1. The van der Waals surface area contributed by atoms with Crippen LogP contribution in [0.2, 0.25) is 0 Å². The van der Waals surface area contributed by atoms with E-state index in [2.05, 4.69) is 22.2 Å². The van der Waals surface area contributed by atoms with Gasteiger partial charge in [-0.1, -0.05) is 12.1 Å². The molecule has 98 valence electrons. The van der Waals surface area contributed by atoms with Crippen LogP contribution in [-0.4, -0.2) is 24.7 Å². The highest BCUT2D eigenvalue weighted by molar-refractivity contribution is 6.00. The Morgan fingerprint density at radius 2 is 2.37 bits per heavy atom. The van der Waals surface area contributed by atoms with Gasteiger partial charge in [0.25, 0.3) is 0 Å². The van der Waals surface area contributed by atoms with Crippen LogP contribution in [0.15, 0.2) is 43.1 Å². The van der Waals surface area contributed by atoms with Crippen molar-refractivity contribution in [2.75, 3.05) is 19.0 Å². The summed E-state index contributed by atoms with van der Waals surface area (Å²) in [5, 5.41) is 6.30. The molecule has 0 radical (unpaired) electrons. The van der Waals surface area contributed by atoms with E-state index >= 15 is 0 Å². The summed E-state index contributed by atoms with van der Waals surface area (Å²) in [4.78, 5) is 15.9. The van der Waals surface area contributed by atoms with Gasteiger partial charge in [-0.15, -0.1) is 6.58 Å². The molecule has 1 aromatic heterocycles. The second kappa shape index (κ2) is 5.86. The number of carbonyl (C=O) groups excluding carboxylic acids is 1. The van der Waals surface area contributed by atoms with Crippen molar-refractivity contribution in [3.05, 3.63) is 43.1 Å². The Balaban J connectivity index is 2.35. The number of nitrogens with one attached hydrogen (secondary N) is 2. The van der Waals surface area contributed by atoms with Gasteiger partial charge in [0.15, 0.2) is 0 Å². The molecule has 2 amide bonds. The molecule has 2 N–H and O–H groups in total. The quantitative estimate of drug-likeness (QED) is 0.827. The molecular weight excluding hydrogens is 242 g/mol. The molecule has 1 aromatic carbocycles. The highest BCUT2D eigenvalue weighted by Crippen LogP contribution is 2.27. The minimum Gasteiger partial charge on any atom is -0.497 e. The molecule has 0 aliphatic rings. The molecule has 0 saturated carbocycles. The number of hydrogen-bond acceptors (Lipinski definition) is 3. The van der Waals surface area contributed by atoms with Crippen molar-refractivity contribution in [2.24, 2.45) is 0 Å². The largest absolute Gasteiger partial charge is 0.497 e. The second-order valence-corrected chi connectivity index (χ2v) is 3.87. The summed E-state index contributed by atoms with van der Waals surface area (Å²) < 4.78 is 5.21. The number of rotatable bonds is 4. The first-order valence-electron chi connectivity index (χ1n) is 5.83. The number of carbonyl (C=O) groups is 1. The first kappa shape index (κ1) is 12.9. The molecule has 0 fully saturated rings. The van der Waals surface area contributed by atoms with Gasteiger partial charge in [-0.3, -0.25) is 4.98 Å². The van der Waals surface area contributed by atoms with Crippen LogP contribution in [0.5, 0.6) is 5.75 Å². The van der Waals surface area contributed by atoms with E-state index in [1.165, 1.54) is 0 Å². The predicted octanol–water partition coefficient (Wildman–Crippen LogP) is 2.55. The smallest absolute Gasteiger partial charge is 0.319 e. The average Bonchev–Trinajstić information content (AvgIpc) is 2.44. The fourth-order valence-corrected chi connectivity index (χ4v) is 1.71. The van der Waals surface area contributed by atoms with Gasteiger partial charge in [-0.2, -0.15) is 0 Å². The maximum Gasteiger partial charge on any atom is 0.319 e. The molecule has 0 saturated heterocycles. The fourth-order valence-electron chi connectivity index (χ4n) is 1.71. The molecule has 2 aromatic rings. The van der Waals surface area contributed by atoms with Crippen molar-refractivity contribution in [3.63, 3.8) is 0 Å². The molecule has 0 bridgehead atoms. The Hall–Kier alpha value is -2.56. The number of ether oxygens (including phenoxy) is 1. The number of nitrogens with zero attached hydrogens (tertiary/aromatic N) is 1. The monoisotopic (exact) mass is 257 g/mol. The summed E-state index contributed by atoms with van der Waals surface area (Å²) in [6, 6.07) is 7.05. The third-order valence-corrected chi connectivity index (χ3v) is 2.57. The van der Waals surface area contributed by atoms with Crippen LogP contribution in [0.25, 0.3) is 10.9 Å². The lowest BCUT2D eigenvalue weighted by atomic mass is 10.2. The molecule has 0 aliphatic carbocycles. The minimum absolute atomic E-state index is 0.305.